The third-order valence-corrected chi connectivity index (χ3v) is 4.95. The predicted molar refractivity (Wildman–Crippen MR) is 90.1 cm³/mol. The van der Waals surface area contributed by atoms with Crippen molar-refractivity contribution in [1.82, 2.24) is 14.8 Å². The van der Waals surface area contributed by atoms with E-state index in [-0.39, 0.29) is 17.6 Å². The summed E-state index contributed by atoms with van der Waals surface area (Å²) in [6, 6.07) is 6.37. The van der Waals surface area contributed by atoms with Crippen LogP contribution in [0.15, 0.2) is 29.6 Å². The van der Waals surface area contributed by atoms with Crippen LogP contribution < -0.4 is 0 Å². The van der Waals surface area contributed by atoms with Gasteiger partial charge in [-0.2, -0.15) is 0 Å². The number of amides is 1. The van der Waals surface area contributed by atoms with E-state index in [9.17, 15) is 9.18 Å². The number of carbonyl (C=O) groups is 1. The molecule has 2 heterocycles. The standard InChI is InChI=1S/C16H17ClFN3OS/c17-9-16(22)21-7-5-20(6-8-21)10-15-19-14(11-23-15)12-1-3-13(18)4-2-12/h1-4,11H,5-10H2. The Hall–Kier alpha value is -1.50. The summed E-state index contributed by atoms with van der Waals surface area (Å²) in [5, 5.41) is 3.02. The quantitative estimate of drug-likeness (QED) is 0.793. The molecular formula is C16H17ClFN3OS. The molecule has 23 heavy (non-hydrogen) atoms. The molecule has 1 aliphatic heterocycles. The van der Waals surface area contributed by atoms with Gasteiger partial charge < -0.3 is 4.90 Å². The average Bonchev–Trinajstić information content (AvgIpc) is 3.04. The Morgan fingerprint density at radius 1 is 1.22 bits per heavy atom. The Kier molecular flexibility index (Phi) is 5.25. The zero-order valence-corrected chi connectivity index (χ0v) is 14.1. The van der Waals surface area contributed by atoms with Gasteiger partial charge in [0, 0.05) is 37.1 Å². The molecule has 2 aromatic rings. The summed E-state index contributed by atoms with van der Waals surface area (Å²) < 4.78 is 13.0. The molecule has 1 saturated heterocycles. The SMILES string of the molecule is O=C(CCl)N1CCN(Cc2nc(-c3ccc(F)cc3)cs2)CC1. The van der Waals surface area contributed by atoms with Gasteiger partial charge >= 0.3 is 0 Å². The molecule has 0 saturated carbocycles. The van der Waals surface area contributed by atoms with E-state index in [4.69, 9.17) is 11.6 Å². The number of aromatic nitrogens is 1. The highest BCUT2D eigenvalue weighted by Crippen LogP contribution is 2.23. The van der Waals surface area contributed by atoms with Crippen LogP contribution in [0.3, 0.4) is 0 Å². The second-order valence-corrected chi connectivity index (χ2v) is 6.63. The lowest BCUT2D eigenvalue weighted by atomic mass is 10.2. The van der Waals surface area contributed by atoms with Crippen molar-refractivity contribution >= 4 is 28.8 Å². The van der Waals surface area contributed by atoms with Gasteiger partial charge in [0.1, 0.15) is 16.7 Å². The number of carbonyl (C=O) groups excluding carboxylic acids is 1. The first-order chi connectivity index (χ1) is 11.2. The molecule has 1 aromatic carbocycles. The van der Waals surface area contributed by atoms with Crippen molar-refractivity contribution in [1.29, 1.82) is 0 Å². The number of hydrogen-bond donors (Lipinski definition) is 0. The maximum atomic E-state index is 13.0. The highest BCUT2D eigenvalue weighted by atomic mass is 35.5. The van der Waals surface area contributed by atoms with Crippen molar-refractivity contribution in [3.63, 3.8) is 0 Å². The van der Waals surface area contributed by atoms with Crippen LogP contribution in [0.25, 0.3) is 11.3 Å². The van der Waals surface area contributed by atoms with Gasteiger partial charge in [0.15, 0.2) is 0 Å². The van der Waals surface area contributed by atoms with Crippen molar-refractivity contribution in [2.24, 2.45) is 0 Å². The molecule has 7 heteroatoms. The summed E-state index contributed by atoms with van der Waals surface area (Å²) in [5.74, 6) is -0.194. The third kappa shape index (κ3) is 4.07. The summed E-state index contributed by atoms with van der Waals surface area (Å²) in [4.78, 5) is 20.3. The van der Waals surface area contributed by atoms with Crippen molar-refractivity contribution in [2.45, 2.75) is 6.54 Å². The smallest absolute Gasteiger partial charge is 0.237 e. The summed E-state index contributed by atoms with van der Waals surface area (Å²) in [5.41, 5.74) is 1.80. The van der Waals surface area contributed by atoms with Crippen molar-refractivity contribution in [2.75, 3.05) is 32.1 Å². The maximum Gasteiger partial charge on any atom is 0.237 e. The number of alkyl halides is 1. The van der Waals surface area contributed by atoms with Crippen LogP contribution in [0.2, 0.25) is 0 Å². The zero-order valence-electron chi connectivity index (χ0n) is 12.5. The second kappa shape index (κ2) is 7.38. The molecule has 0 aliphatic carbocycles. The van der Waals surface area contributed by atoms with E-state index in [1.54, 1.807) is 28.4 Å². The van der Waals surface area contributed by atoms with E-state index in [1.807, 2.05) is 5.38 Å². The molecule has 4 nitrogen and oxygen atoms in total. The van der Waals surface area contributed by atoms with Crippen LogP contribution in [0.4, 0.5) is 4.39 Å². The molecule has 1 aromatic heterocycles. The van der Waals surface area contributed by atoms with Gasteiger partial charge in [0.05, 0.1) is 12.2 Å². The number of benzene rings is 1. The van der Waals surface area contributed by atoms with E-state index in [2.05, 4.69) is 9.88 Å². The van der Waals surface area contributed by atoms with E-state index in [1.165, 1.54) is 12.1 Å². The van der Waals surface area contributed by atoms with Crippen molar-refractivity contribution in [3.8, 4) is 11.3 Å². The minimum atomic E-state index is -0.242. The van der Waals surface area contributed by atoms with Gasteiger partial charge in [-0.05, 0) is 24.3 Å². The fourth-order valence-electron chi connectivity index (χ4n) is 2.57. The van der Waals surface area contributed by atoms with Gasteiger partial charge in [-0.25, -0.2) is 9.37 Å². The number of halogens is 2. The minimum Gasteiger partial charge on any atom is -0.339 e. The summed E-state index contributed by atoms with van der Waals surface area (Å²) in [6.07, 6.45) is 0. The minimum absolute atomic E-state index is 0.000777. The average molecular weight is 354 g/mol. The van der Waals surface area contributed by atoms with Gasteiger partial charge in [0.25, 0.3) is 0 Å². The molecule has 0 unspecified atom stereocenters. The monoisotopic (exact) mass is 353 g/mol. The first-order valence-electron chi connectivity index (χ1n) is 7.42. The second-order valence-electron chi connectivity index (χ2n) is 5.42. The highest BCUT2D eigenvalue weighted by Gasteiger charge is 2.21. The fraction of sp³-hybridized carbons (Fsp3) is 0.375. The molecule has 0 bridgehead atoms. The first-order valence-corrected chi connectivity index (χ1v) is 8.83. The maximum absolute atomic E-state index is 13.0. The lowest BCUT2D eigenvalue weighted by Gasteiger charge is -2.33. The Balaban J connectivity index is 1.58. The summed E-state index contributed by atoms with van der Waals surface area (Å²) in [7, 11) is 0. The number of piperazine rings is 1. The van der Waals surface area contributed by atoms with E-state index in [0.717, 1.165) is 35.9 Å². The van der Waals surface area contributed by atoms with E-state index < -0.39 is 0 Å². The summed E-state index contributed by atoms with van der Waals surface area (Å²) in [6.45, 7) is 3.85. The molecule has 122 valence electrons. The number of rotatable bonds is 4. The van der Waals surface area contributed by atoms with Crippen LogP contribution in [0, 0.1) is 5.82 Å². The highest BCUT2D eigenvalue weighted by molar-refractivity contribution is 7.09. The van der Waals surface area contributed by atoms with Gasteiger partial charge in [-0.15, -0.1) is 22.9 Å². The van der Waals surface area contributed by atoms with Crippen molar-refractivity contribution < 1.29 is 9.18 Å². The van der Waals surface area contributed by atoms with Gasteiger partial charge in [0.2, 0.25) is 5.91 Å². The molecule has 1 fully saturated rings. The Bertz CT molecular complexity index is 668. The first kappa shape index (κ1) is 16.4. The molecule has 0 spiro atoms. The summed E-state index contributed by atoms with van der Waals surface area (Å²) >= 11 is 7.19. The van der Waals surface area contributed by atoms with Crippen LogP contribution in [0.5, 0.6) is 0 Å². The molecule has 1 amide bonds. The molecule has 1 aliphatic rings. The molecule has 0 radical (unpaired) electrons. The Morgan fingerprint density at radius 2 is 1.91 bits per heavy atom. The molecule has 0 atom stereocenters. The number of thiazole rings is 1. The molecule has 3 rings (SSSR count). The van der Waals surface area contributed by atoms with E-state index in [0.29, 0.717) is 13.1 Å². The fourth-order valence-corrected chi connectivity index (χ4v) is 3.58. The number of nitrogens with zero attached hydrogens (tertiary/aromatic N) is 3. The van der Waals surface area contributed by atoms with Gasteiger partial charge in [-0.1, -0.05) is 0 Å². The van der Waals surface area contributed by atoms with E-state index >= 15 is 0 Å². The van der Waals surface area contributed by atoms with Crippen LogP contribution in [-0.2, 0) is 11.3 Å². The Labute approximate surface area is 143 Å². The van der Waals surface area contributed by atoms with Crippen LogP contribution >= 0.6 is 22.9 Å². The van der Waals surface area contributed by atoms with Gasteiger partial charge in [-0.3, -0.25) is 9.69 Å². The zero-order chi connectivity index (χ0) is 16.2. The third-order valence-electron chi connectivity index (χ3n) is 3.89. The predicted octanol–water partition coefficient (Wildman–Crippen LogP) is 2.83. The van der Waals surface area contributed by atoms with Crippen LogP contribution in [0.1, 0.15) is 5.01 Å². The topological polar surface area (TPSA) is 36.4 Å². The molecular weight excluding hydrogens is 337 g/mol. The molecule has 0 N–H and O–H groups in total. The normalized spacial score (nSPS) is 15.8. The lowest BCUT2D eigenvalue weighted by Crippen LogP contribution is -2.48. The Morgan fingerprint density at radius 3 is 2.57 bits per heavy atom. The number of hydrogen-bond acceptors (Lipinski definition) is 4. The van der Waals surface area contributed by atoms with Crippen LogP contribution in [-0.4, -0.2) is 52.8 Å². The van der Waals surface area contributed by atoms with Crippen molar-refractivity contribution in [3.05, 3.63) is 40.5 Å². The largest absolute Gasteiger partial charge is 0.339 e. The lowest BCUT2D eigenvalue weighted by molar-refractivity contribution is -0.130.